The van der Waals surface area contributed by atoms with Gasteiger partial charge < -0.3 is 9.88 Å². The summed E-state index contributed by atoms with van der Waals surface area (Å²) in [4.78, 5) is -0.0245. The van der Waals surface area contributed by atoms with Crippen LogP contribution in [0.3, 0.4) is 0 Å². The predicted molar refractivity (Wildman–Crippen MR) is 105 cm³/mol. The highest BCUT2D eigenvalue weighted by molar-refractivity contribution is 7.91. The molecule has 7 heteroatoms. The predicted octanol–water partition coefficient (Wildman–Crippen LogP) is 4.08. The van der Waals surface area contributed by atoms with Crippen molar-refractivity contribution in [1.82, 2.24) is 9.88 Å². The number of benzene rings is 2. The summed E-state index contributed by atoms with van der Waals surface area (Å²) < 4.78 is 42.2. The van der Waals surface area contributed by atoms with Crippen molar-refractivity contribution in [2.75, 3.05) is 7.05 Å². The summed E-state index contributed by atoms with van der Waals surface area (Å²) in [5.74, 6) is -0.561. The van der Waals surface area contributed by atoms with E-state index in [4.69, 9.17) is 0 Å². The summed E-state index contributed by atoms with van der Waals surface area (Å²) in [6.45, 7) is 0. The van der Waals surface area contributed by atoms with Gasteiger partial charge in [0.05, 0.1) is 4.90 Å². The second-order valence-corrected chi connectivity index (χ2v) is 8.28. The fourth-order valence-electron chi connectivity index (χ4n) is 3.66. The summed E-state index contributed by atoms with van der Waals surface area (Å²) in [5, 5.41) is 3.48. The minimum Gasteiger partial charge on any atom is -0.313 e. The third-order valence-corrected chi connectivity index (χ3v) is 6.72. The van der Waals surface area contributed by atoms with E-state index in [1.54, 1.807) is 4.57 Å². The normalized spacial score (nSPS) is 16.0. The van der Waals surface area contributed by atoms with Crippen LogP contribution in [0.4, 0.5) is 4.39 Å². The van der Waals surface area contributed by atoms with Gasteiger partial charge in [0.1, 0.15) is 10.8 Å². The molecule has 0 bridgehead atoms. The number of halogens is 2. The Labute approximate surface area is 164 Å². The number of hydrogen-bond acceptors (Lipinski definition) is 3. The van der Waals surface area contributed by atoms with Crippen molar-refractivity contribution in [3.63, 3.8) is 0 Å². The molecule has 1 aliphatic carbocycles. The molecule has 1 unspecified atom stereocenters. The fourth-order valence-corrected chi connectivity index (χ4v) is 5.37. The molecule has 1 aromatic heterocycles. The topological polar surface area (TPSA) is 51.1 Å². The molecule has 4 nitrogen and oxygen atoms in total. The van der Waals surface area contributed by atoms with Gasteiger partial charge in [0.25, 0.3) is 0 Å². The Morgan fingerprint density at radius 1 is 1.11 bits per heavy atom. The lowest BCUT2D eigenvalue weighted by atomic mass is 10.2. The molecule has 1 N–H and O–H groups in total. The van der Waals surface area contributed by atoms with Crippen molar-refractivity contribution in [1.29, 1.82) is 0 Å². The van der Waals surface area contributed by atoms with Crippen LogP contribution in [0.1, 0.15) is 23.6 Å². The van der Waals surface area contributed by atoms with Crippen molar-refractivity contribution < 1.29 is 12.8 Å². The minimum atomic E-state index is -3.86. The van der Waals surface area contributed by atoms with Crippen molar-refractivity contribution in [3.8, 4) is 5.69 Å². The van der Waals surface area contributed by atoms with Gasteiger partial charge in [0, 0.05) is 17.9 Å². The highest BCUT2D eigenvalue weighted by Gasteiger charge is 2.34. The molecular weight excluding hydrogens is 387 g/mol. The molecule has 0 radical (unpaired) electrons. The molecule has 27 heavy (non-hydrogen) atoms. The maximum atomic E-state index is 13.7. The van der Waals surface area contributed by atoms with Crippen LogP contribution in [0.5, 0.6) is 0 Å². The standard InChI is InChI=1S/C20H19FN2O2S.ClH/c1-22-19-11-10-17-18(19)13-23(15-7-3-2-4-8-15)20(17)26(24,25)16-9-5-6-14(21)12-16;/h2-9,12-13,19,22H,10-11H2,1H3;1H. The van der Waals surface area contributed by atoms with Crippen molar-refractivity contribution in [3.05, 3.63) is 77.7 Å². The van der Waals surface area contributed by atoms with Gasteiger partial charge in [-0.05, 0) is 61.3 Å². The van der Waals surface area contributed by atoms with Crippen molar-refractivity contribution in [2.24, 2.45) is 0 Å². The first kappa shape index (κ1) is 19.6. The zero-order valence-electron chi connectivity index (χ0n) is 14.7. The van der Waals surface area contributed by atoms with Gasteiger partial charge in [-0.2, -0.15) is 0 Å². The van der Waals surface area contributed by atoms with Gasteiger partial charge in [0.15, 0.2) is 0 Å². The average Bonchev–Trinajstić information content (AvgIpc) is 3.21. The van der Waals surface area contributed by atoms with Crippen molar-refractivity contribution >= 4 is 22.2 Å². The Morgan fingerprint density at radius 2 is 1.85 bits per heavy atom. The molecule has 0 aliphatic heterocycles. The summed E-state index contributed by atoms with van der Waals surface area (Å²) >= 11 is 0. The van der Waals surface area contributed by atoms with Gasteiger partial charge >= 0.3 is 0 Å². The van der Waals surface area contributed by atoms with Gasteiger partial charge in [-0.1, -0.05) is 24.3 Å². The molecule has 0 saturated carbocycles. The average molecular weight is 407 g/mol. The third kappa shape index (κ3) is 3.29. The monoisotopic (exact) mass is 406 g/mol. The first-order valence-corrected chi connectivity index (χ1v) is 9.98. The largest absolute Gasteiger partial charge is 0.313 e. The van der Waals surface area contributed by atoms with Gasteiger partial charge in [-0.3, -0.25) is 0 Å². The first-order chi connectivity index (χ1) is 12.5. The molecule has 2 aromatic carbocycles. The van der Waals surface area contributed by atoms with Crippen LogP contribution in [0, 0.1) is 5.82 Å². The first-order valence-electron chi connectivity index (χ1n) is 8.50. The van der Waals surface area contributed by atoms with E-state index in [0.717, 1.165) is 29.3 Å². The highest BCUT2D eigenvalue weighted by Crippen LogP contribution is 2.40. The molecule has 1 atom stereocenters. The molecule has 3 aromatic rings. The second-order valence-electron chi connectivity index (χ2n) is 6.41. The lowest BCUT2D eigenvalue weighted by Crippen LogP contribution is -2.13. The number of para-hydroxylation sites is 1. The molecule has 0 saturated heterocycles. The maximum absolute atomic E-state index is 13.7. The highest BCUT2D eigenvalue weighted by atomic mass is 35.5. The van der Waals surface area contributed by atoms with Gasteiger partial charge in [0.2, 0.25) is 9.84 Å². The number of fused-ring (bicyclic) bond motifs is 1. The van der Waals surface area contributed by atoms with Gasteiger partial charge in [-0.15, -0.1) is 12.4 Å². The van der Waals surface area contributed by atoms with E-state index in [0.29, 0.717) is 6.42 Å². The van der Waals surface area contributed by atoms with E-state index >= 15 is 0 Å². The Kier molecular flexibility index (Phi) is 5.42. The van der Waals surface area contributed by atoms with Crippen LogP contribution in [0.2, 0.25) is 0 Å². The quantitative estimate of drug-likeness (QED) is 0.710. The van der Waals surface area contributed by atoms with Crippen LogP contribution in [-0.2, 0) is 16.3 Å². The smallest absolute Gasteiger partial charge is 0.222 e. The number of sulfone groups is 1. The number of nitrogens with one attached hydrogen (secondary N) is 1. The van der Waals surface area contributed by atoms with E-state index in [1.807, 2.05) is 43.6 Å². The minimum absolute atomic E-state index is 0. The fraction of sp³-hybridized carbons (Fsp3) is 0.200. The molecule has 0 spiro atoms. The Balaban J connectivity index is 0.00000210. The Bertz CT molecular complexity index is 1060. The van der Waals surface area contributed by atoms with E-state index < -0.39 is 15.7 Å². The molecule has 1 aliphatic rings. The summed E-state index contributed by atoms with van der Waals surface area (Å²) in [5.41, 5.74) is 2.58. The summed E-state index contributed by atoms with van der Waals surface area (Å²) in [7, 11) is -1.98. The van der Waals surface area contributed by atoms with E-state index in [-0.39, 0.29) is 28.4 Å². The molecule has 1 heterocycles. The van der Waals surface area contributed by atoms with Crippen molar-refractivity contribution in [2.45, 2.75) is 28.8 Å². The SMILES string of the molecule is CNC1CCc2c1cn(-c1ccccc1)c2S(=O)(=O)c1cccc(F)c1.Cl. The molecule has 0 amide bonds. The Hall–Kier alpha value is -2.15. The molecular formula is C20H20ClFN2O2S. The molecule has 142 valence electrons. The number of hydrogen-bond donors (Lipinski definition) is 1. The number of aromatic nitrogens is 1. The van der Waals surface area contributed by atoms with E-state index in [2.05, 4.69) is 5.32 Å². The zero-order chi connectivity index (χ0) is 18.3. The Morgan fingerprint density at radius 3 is 2.52 bits per heavy atom. The van der Waals surface area contributed by atoms with Crippen LogP contribution in [0.15, 0.2) is 70.7 Å². The van der Waals surface area contributed by atoms with E-state index in [1.165, 1.54) is 18.2 Å². The number of rotatable bonds is 4. The zero-order valence-corrected chi connectivity index (χ0v) is 16.4. The van der Waals surface area contributed by atoms with Crippen LogP contribution in [0.25, 0.3) is 5.69 Å². The van der Waals surface area contributed by atoms with Crippen LogP contribution >= 0.6 is 12.4 Å². The summed E-state index contributed by atoms with van der Waals surface area (Å²) in [6.07, 6.45) is 3.41. The maximum Gasteiger partial charge on any atom is 0.222 e. The lowest BCUT2D eigenvalue weighted by molar-refractivity contribution is 0.576. The molecule has 0 fully saturated rings. The second kappa shape index (κ2) is 7.46. The van der Waals surface area contributed by atoms with E-state index in [9.17, 15) is 12.8 Å². The third-order valence-electron chi connectivity index (χ3n) is 4.90. The van der Waals surface area contributed by atoms with Crippen LogP contribution < -0.4 is 5.32 Å². The molecule has 4 rings (SSSR count). The van der Waals surface area contributed by atoms with Gasteiger partial charge in [-0.25, -0.2) is 12.8 Å². The number of nitrogens with zero attached hydrogens (tertiary/aromatic N) is 1. The lowest BCUT2D eigenvalue weighted by Gasteiger charge is -2.13. The summed E-state index contributed by atoms with van der Waals surface area (Å²) in [6, 6.07) is 14.7. The van der Waals surface area contributed by atoms with Crippen LogP contribution in [-0.4, -0.2) is 20.0 Å².